The van der Waals surface area contributed by atoms with Gasteiger partial charge in [-0.2, -0.15) is 0 Å². The van der Waals surface area contributed by atoms with Crippen LogP contribution in [-0.2, 0) is 4.79 Å². The van der Waals surface area contributed by atoms with Gasteiger partial charge in [0.05, 0.1) is 14.2 Å². The lowest BCUT2D eigenvalue weighted by Gasteiger charge is -2.24. The van der Waals surface area contributed by atoms with E-state index >= 15 is 0 Å². The lowest BCUT2D eigenvalue weighted by Crippen LogP contribution is -2.23. The Morgan fingerprint density at radius 3 is 2.52 bits per heavy atom. The van der Waals surface area contributed by atoms with Gasteiger partial charge < -0.3 is 14.8 Å². The number of carbonyl (C=O) groups is 1. The van der Waals surface area contributed by atoms with E-state index in [0.717, 1.165) is 30.6 Å². The predicted molar refractivity (Wildman–Crippen MR) is 101 cm³/mol. The molecule has 138 valence electrons. The molecule has 4 nitrogen and oxygen atoms in total. The number of nitrogens with one attached hydrogen (secondary N) is 1. The summed E-state index contributed by atoms with van der Waals surface area (Å²) in [5.41, 5.74) is 2.19. The van der Waals surface area contributed by atoms with Crippen LogP contribution in [-0.4, -0.2) is 26.5 Å². The lowest BCUT2D eigenvalue weighted by atomic mass is 9.85. The molecule has 0 heterocycles. The van der Waals surface area contributed by atoms with E-state index in [4.69, 9.17) is 9.47 Å². The third-order valence-electron chi connectivity index (χ3n) is 4.76. The Hall–Kier alpha value is -1.97. The molecular formula is C21H31NO3. The third kappa shape index (κ3) is 5.80. The predicted octanol–water partition coefficient (Wildman–Crippen LogP) is 4.59. The number of carbonyl (C=O) groups excluding carboxylic acids is 1. The van der Waals surface area contributed by atoms with Gasteiger partial charge in [0, 0.05) is 24.7 Å². The average Bonchev–Trinajstić information content (AvgIpc) is 2.63. The van der Waals surface area contributed by atoms with E-state index in [9.17, 15) is 4.79 Å². The van der Waals surface area contributed by atoms with Crippen molar-refractivity contribution >= 4 is 5.78 Å². The smallest absolute Gasteiger partial charge is 0.160 e. The largest absolute Gasteiger partial charge is 0.493 e. The molecule has 2 rings (SSSR count). The van der Waals surface area contributed by atoms with E-state index in [1.165, 1.54) is 25.7 Å². The minimum absolute atomic E-state index is 0.194. The van der Waals surface area contributed by atoms with E-state index in [2.05, 4.69) is 12.2 Å². The molecule has 0 fully saturated rings. The molecule has 1 aliphatic rings. The summed E-state index contributed by atoms with van der Waals surface area (Å²) in [5, 5.41) is 3.46. The highest BCUT2D eigenvalue weighted by Gasteiger charge is 2.23. The van der Waals surface area contributed by atoms with Crippen molar-refractivity contribution in [3.05, 3.63) is 35.5 Å². The SMILES string of the molecule is CCCCCCCNC1=CC(=O)C[C@H](c2ccc(OC)c(OC)c2)C1. The van der Waals surface area contributed by atoms with Crippen molar-refractivity contribution in [3.63, 3.8) is 0 Å². The fourth-order valence-corrected chi connectivity index (χ4v) is 3.34. The van der Waals surface area contributed by atoms with Crippen LogP contribution in [0.5, 0.6) is 11.5 Å². The van der Waals surface area contributed by atoms with Gasteiger partial charge in [-0.1, -0.05) is 38.7 Å². The second-order valence-electron chi connectivity index (χ2n) is 6.70. The van der Waals surface area contributed by atoms with Crippen molar-refractivity contribution < 1.29 is 14.3 Å². The first-order valence-corrected chi connectivity index (χ1v) is 9.37. The van der Waals surface area contributed by atoms with Crippen LogP contribution in [0.1, 0.15) is 63.4 Å². The summed E-state index contributed by atoms with van der Waals surface area (Å²) in [6.45, 7) is 3.17. The summed E-state index contributed by atoms with van der Waals surface area (Å²) in [6.07, 6.45) is 9.48. The number of rotatable bonds is 10. The Morgan fingerprint density at radius 2 is 1.80 bits per heavy atom. The van der Waals surface area contributed by atoms with Crippen molar-refractivity contribution in [2.75, 3.05) is 20.8 Å². The second kappa shape index (κ2) is 10.1. The summed E-state index contributed by atoms with van der Waals surface area (Å²) < 4.78 is 10.7. The molecule has 1 aromatic carbocycles. The first kappa shape index (κ1) is 19.4. The minimum atomic E-state index is 0.194. The Kier molecular flexibility index (Phi) is 7.83. The van der Waals surface area contributed by atoms with E-state index in [1.54, 1.807) is 20.3 Å². The molecule has 0 amide bonds. The van der Waals surface area contributed by atoms with Gasteiger partial charge in [0.1, 0.15) is 0 Å². The van der Waals surface area contributed by atoms with Crippen LogP contribution in [0.25, 0.3) is 0 Å². The summed E-state index contributed by atoms with van der Waals surface area (Å²) in [4.78, 5) is 12.1. The molecule has 0 saturated heterocycles. The Bertz CT molecular complexity index is 595. The number of unbranched alkanes of at least 4 members (excludes halogenated alkanes) is 4. The van der Waals surface area contributed by atoms with Crippen LogP contribution in [0.4, 0.5) is 0 Å². The lowest BCUT2D eigenvalue weighted by molar-refractivity contribution is -0.115. The molecule has 1 N–H and O–H groups in total. The van der Waals surface area contributed by atoms with Gasteiger partial charge in [0.2, 0.25) is 0 Å². The topological polar surface area (TPSA) is 47.6 Å². The summed E-state index contributed by atoms with van der Waals surface area (Å²) in [7, 11) is 3.27. The van der Waals surface area contributed by atoms with Gasteiger partial charge in [-0.25, -0.2) is 0 Å². The normalized spacial score (nSPS) is 17.2. The average molecular weight is 345 g/mol. The number of ketones is 1. The van der Waals surface area contributed by atoms with Gasteiger partial charge in [-0.3, -0.25) is 4.79 Å². The van der Waals surface area contributed by atoms with Gasteiger partial charge in [0.15, 0.2) is 17.3 Å². The monoisotopic (exact) mass is 345 g/mol. The van der Waals surface area contributed by atoms with Crippen molar-refractivity contribution in [2.45, 2.75) is 57.8 Å². The summed E-state index contributed by atoms with van der Waals surface area (Å²) >= 11 is 0. The number of ether oxygens (including phenoxy) is 2. The first-order chi connectivity index (χ1) is 12.2. The van der Waals surface area contributed by atoms with Crippen molar-refractivity contribution in [3.8, 4) is 11.5 Å². The Morgan fingerprint density at radius 1 is 1.04 bits per heavy atom. The first-order valence-electron chi connectivity index (χ1n) is 9.37. The highest BCUT2D eigenvalue weighted by molar-refractivity contribution is 5.92. The number of hydrogen-bond acceptors (Lipinski definition) is 4. The van der Waals surface area contributed by atoms with E-state index < -0.39 is 0 Å². The van der Waals surface area contributed by atoms with Crippen molar-refractivity contribution in [1.82, 2.24) is 5.32 Å². The van der Waals surface area contributed by atoms with E-state index in [-0.39, 0.29) is 11.7 Å². The van der Waals surface area contributed by atoms with Gasteiger partial charge >= 0.3 is 0 Å². The summed E-state index contributed by atoms with van der Waals surface area (Å²) in [6, 6.07) is 5.94. The number of hydrogen-bond donors (Lipinski definition) is 1. The van der Waals surface area contributed by atoms with Gasteiger partial charge in [-0.15, -0.1) is 0 Å². The fourth-order valence-electron chi connectivity index (χ4n) is 3.34. The molecule has 0 bridgehead atoms. The molecule has 0 saturated carbocycles. The highest BCUT2D eigenvalue weighted by Crippen LogP contribution is 2.36. The molecule has 1 aliphatic carbocycles. The molecular weight excluding hydrogens is 314 g/mol. The number of benzene rings is 1. The fraction of sp³-hybridized carbons (Fsp3) is 0.571. The zero-order chi connectivity index (χ0) is 18.1. The molecule has 0 aliphatic heterocycles. The van der Waals surface area contributed by atoms with E-state index in [1.807, 2.05) is 18.2 Å². The molecule has 0 radical (unpaired) electrons. The second-order valence-corrected chi connectivity index (χ2v) is 6.70. The summed E-state index contributed by atoms with van der Waals surface area (Å²) in [5.74, 6) is 1.82. The van der Waals surface area contributed by atoms with Crippen molar-refractivity contribution in [1.29, 1.82) is 0 Å². The highest BCUT2D eigenvalue weighted by atomic mass is 16.5. The van der Waals surface area contributed by atoms with Gasteiger partial charge in [0.25, 0.3) is 0 Å². The van der Waals surface area contributed by atoms with E-state index in [0.29, 0.717) is 17.9 Å². The maximum atomic E-state index is 12.1. The van der Waals surface area contributed by atoms with Crippen LogP contribution in [0, 0.1) is 0 Å². The molecule has 25 heavy (non-hydrogen) atoms. The molecule has 0 spiro atoms. The molecule has 0 aromatic heterocycles. The molecule has 0 unspecified atom stereocenters. The Labute approximate surface area is 151 Å². The Balaban J connectivity index is 1.93. The molecule has 4 heteroatoms. The zero-order valence-corrected chi connectivity index (χ0v) is 15.8. The maximum absolute atomic E-state index is 12.1. The zero-order valence-electron chi connectivity index (χ0n) is 15.8. The third-order valence-corrected chi connectivity index (χ3v) is 4.76. The van der Waals surface area contributed by atoms with Crippen molar-refractivity contribution in [2.24, 2.45) is 0 Å². The van der Waals surface area contributed by atoms with Gasteiger partial charge in [-0.05, 0) is 36.5 Å². The van der Waals surface area contributed by atoms with Crippen LogP contribution < -0.4 is 14.8 Å². The minimum Gasteiger partial charge on any atom is -0.493 e. The number of allylic oxidation sites excluding steroid dienone is 2. The van der Waals surface area contributed by atoms with Crippen LogP contribution in [0.15, 0.2) is 30.0 Å². The molecule has 1 atom stereocenters. The number of methoxy groups -OCH3 is 2. The standard InChI is InChI=1S/C21H31NO3/c1-4-5-6-7-8-11-22-18-12-17(13-19(23)15-18)16-9-10-20(24-2)21(14-16)25-3/h9-10,14-15,17,22H,4-8,11-13H2,1-3H3/t17-/m1/s1. The molecule has 1 aromatic rings. The van der Waals surface area contributed by atoms with Crippen LogP contribution in [0.3, 0.4) is 0 Å². The van der Waals surface area contributed by atoms with Crippen LogP contribution >= 0.6 is 0 Å². The van der Waals surface area contributed by atoms with Crippen LogP contribution in [0.2, 0.25) is 0 Å². The quantitative estimate of drug-likeness (QED) is 0.630. The maximum Gasteiger partial charge on any atom is 0.160 e.